The lowest BCUT2D eigenvalue weighted by Gasteiger charge is -2.13. The molecule has 0 aliphatic heterocycles. The van der Waals surface area contributed by atoms with Gasteiger partial charge in [-0.15, -0.1) is 11.3 Å². The largest absolute Gasteiger partial charge is 0.494 e. The zero-order valence-corrected chi connectivity index (χ0v) is 21.2. The molecular weight excluding hydrogens is 510 g/mol. The molecule has 5 rings (SSSR count). The third kappa shape index (κ3) is 5.42. The van der Waals surface area contributed by atoms with E-state index in [2.05, 4.69) is 19.7 Å². The minimum absolute atomic E-state index is 0.0762. The van der Waals surface area contributed by atoms with Gasteiger partial charge in [-0.25, -0.2) is 23.4 Å². The summed E-state index contributed by atoms with van der Waals surface area (Å²) in [5, 5.41) is 2.12. The van der Waals surface area contributed by atoms with Crippen molar-refractivity contribution in [2.75, 3.05) is 11.3 Å². The molecule has 2 aromatic carbocycles. The molecule has 0 aliphatic carbocycles. The van der Waals surface area contributed by atoms with Crippen molar-refractivity contribution in [2.45, 2.75) is 11.1 Å². The van der Waals surface area contributed by atoms with E-state index in [4.69, 9.17) is 4.74 Å². The second-order valence-corrected chi connectivity index (χ2v) is 10.6. The number of hydrogen-bond donors (Lipinski definition) is 1. The molecule has 0 fully saturated rings. The number of nitrogens with zero attached hydrogens (tertiary/aromatic N) is 4. The first-order valence-corrected chi connectivity index (χ1v) is 13.6. The topological polar surface area (TPSA) is 116 Å². The van der Waals surface area contributed by atoms with Gasteiger partial charge in [0.2, 0.25) is 0 Å². The molecule has 3 aromatic heterocycles. The van der Waals surface area contributed by atoms with Gasteiger partial charge in [0.25, 0.3) is 15.9 Å². The molecule has 0 saturated carbocycles. The number of amides is 1. The van der Waals surface area contributed by atoms with E-state index in [-0.39, 0.29) is 15.8 Å². The van der Waals surface area contributed by atoms with Gasteiger partial charge in [0, 0.05) is 18.0 Å². The van der Waals surface area contributed by atoms with Gasteiger partial charge >= 0.3 is 0 Å². The molecule has 0 spiro atoms. The quantitative estimate of drug-likeness (QED) is 0.332. The highest BCUT2D eigenvalue weighted by Gasteiger charge is 2.20. The third-order valence-corrected chi connectivity index (χ3v) is 7.98. The van der Waals surface area contributed by atoms with E-state index in [1.807, 2.05) is 13.0 Å². The van der Waals surface area contributed by atoms with Crippen LogP contribution in [0.2, 0.25) is 0 Å². The number of anilines is 1. The Morgan fingerprint density at radius 3 is 2.32 bits per heavy atom. The number of rotatable bonds is 7. The third-order valence-electron chi connectivity index (χ3n) is 5.24. The zero-order chi connectivity index (χ0) is 25.8. The predicted molar refractivity (Wildman–Crippen MR) is 141 cm³/mol. The summed E-state index contributed by atoms with van der Waals surface area (Å²) in [6, 6.07) is 20.4. The summed E-state index contributed by atoms with van der Waals surface area (Å²) in [5.74, 6) is 0.646. The monoisotopic (exact) mass is 531 g/mol. The van der Waals surface area contributed by atoms with Crippen LogP contribution in [-0.4, -0.2) is 35.5 Å². The van der Waals surface area contributed by atoms with E-state index in [1.54, 1.807) is 83.0 Å². The number of carbonyl (C=O) groups excluding carboxylic acids is 1. The summed E-state index contributed by atoms with van der Waals surface area (Å²) < 4.78 is 35.6. The Labute approximate surface area is 216 Å². The fourth-order valence-electron chi connectivity index (χ4n) is 3.51. The summed E-state index contributed by atoms with van der Waals surface area (Å²) in [7, 11) is -3.85. The standard InChI is InChI=1S/C26H21N5O4S2/c1-2-35-20-11-9-18(10-12-20)26(32)27-19-13-15-31(16-14-19)25-24(28-21-6-3-4-7-22(21)29-25)30-37(33,34)23-8-5-17-36-23/h3-17H,2H2,1H3,(H,28,30). The van der Waals surface area contributed by atoms with Gasteiger partial charge in [0.1, 0.15) is 9.96 Å². The van der Waals surface area contributed by atoms with Crippen molar-refractivity contribution in [1.29, 1.82) is 0 Å². The van der Waals surface area contributed by atoms with E-state index in [1.165, 1.54) is 6.07 Å². The molecule has 5 aromatic rings. The molecule has 11 heteroatoms. The van der Waals surface area contributed by atoms with Gasteiger partial charge < -0.3 is 9.30 Å². The van der Waals surface area contributed by atoms with Gasteiger partial charge in [-0.05, 0) is 66.9 Å². The first-order valence-electron chi connectivity index (χ1n) is 11.3. The number of carbonyl (C=O) groups is 1. The van der Waals surface area contributed by atoms with Gasteiger partial charge in [-0.3, -0.25) is 9.52 Å². The molecule has 1 amide bonds. The summed E-state index contributed by atoms with van der Waals surface area (Å²) >= 11 is 1.11. The van der Waals surface area contributed by atoms with Crippen molar-refractivity contribution >= 4 is 44.1 Å². The number of nitrogens with one attached hydrogen (secondary N) is 1. The number of pyridine rings is 1. The average molecular weight is 532 g/mol. The maximum Gasteiger partial charge on any atom is 0.277 e. The molecule has 0 unspecified atom stereocenters. The molecule has 186 valence electrons. The second kappa shape index (κ2) is 10.3. The number of aromatic nitrogens is 3. The van der Waals surface area contributed by atoms with Crippen molar-refractivity contribution in [3.63, 3.8) is 0 Å². The van der Waals surface area contributed by atoms with Crippen molar-refractivity contribution in [2.24, 2.45) is 4.99 Å². The van der Waals surface area contributed by atoms with Crippen molar-refractivity contribution in [3.05, 3.63) is 101 Å². The van der Waals surface area contributed by atoms with E-state index in [0.29, 0.717) is 34.3 Å². The number of sulfonamides is 1. The van der Waals surface area contributed by atoms with Crippen LogP contribution in [-0.2, 0) is 10.0 Å². The molecule has 9 nitrogen and oxygen atoms in total. The van der Waals surface area contributed by atoms with Gasteiger partial charge in [-0.2, -0.15) is 0 Å². The lowest BCUT2D eigenvalue weighted by atomic mass is 10.2. The number of para-hydroxylation sites is 2. The fraction of sp³-hybridized carbons (Fsp3) is 0.0769. The van der Waals surface area contributed by atoms with Crippen LogP contribution in [0.15, 0.2) is 99.8 Å². The van der Waals surface area contributed by atoms with Crippen LogP contribution in [0.1, 0.15) is 17.3 Å². The highest BCUT2D eigenvalue weighted by Crippen LogP contribution is 2.25. The number of ether oxygens (including phenoxy) is 1. The Kier molecular flexibility index (Phi) is 6.80. The van der Waals surface area contributed by atoms with Crippen LogP contribution in [0.25, 0.3) is 16.9 Å². The molecule has 0 saturated heterocycles. The molecular formula is C26H21N5O4S2. The lowest BCUT2D eigenvalue weighted by molar-refractivity contribution is 0.0998. The summed E-state index contributed by atoms with van der Waals surface area (Å²) in [6.45, 7) is 2.43. The maximum absolute atomic E-state index is 12.9. The smallest absolute Gasteiger partial charge is 0.277 e. The lowest BCUT2D eigenvalue weighted by Crippen LogP contribution is -2.16. The van der Waals surface area contributed by atoms with Crippen LogP contribution < -0.4 is 14.8 Å². The Hall–Kier alpha value is -4.35. The van der Waals surface area contributed by atoms with Crippen LogP contribution in [0.3, 0.4) is 0 Å². The maximum atomic E-state index is 12.9. The zero-order valence-electron chi connectivity index (χ0n) is 19.6. The van der Waals surface area contributed by atoms with Crippen molar-refractivity contribution in [3.8, 4) is 11.6 Å². The molecule has 0 aliphatic rings. The highest BCUT2D eigenvalue weighted by molar-refractivity contribution is 7.94. The van der Waals surface area contributed by atoms with Gasteiger partial charge in [-0.1, -0.05) is 18.2 Å². The predicted octanol–water partition coefficient (Wildman–Crippen LogP) is 4.42. The highest BCUT2D eigenvalue weighted by atomic mass is 32.2. The second-order valence-electron chi connectivity index (χ2n) is 7.76. The number of hydrogen-bond acceptors (Lipinski definition) is 7. The Morgan fingerprint density at radius 2 is 1.68 bits per heavy atom. The summed E-state index contributed by atoms with van der Waals surface area (Å²) in [5.41, 5.74) is 1.58. The minimum Gasteiger partial charge on any atom is -0.494 e. The van der Waals surface area contributed by atoms with Crippen molar-refractivity contribution in [1.82, 2.24) is 14.5 Å². The van der Waals surface area contributed by atoms with Gasteiger partial charge in [0.15, 0.2) is 11.6 Å². The average Bonchev–Trinajstić information content (AvgIpc) is 3.46. The van der Waals surface area contributed by atoms with Crippen LogP contribution in [0.5, 0.6) is 5.75 Å². The summed E-state index contributed by atoms with van der Waals surface area (Å²) in [6.07, 6.45) is 3.29. The number of benzene rings is 2. The van der Waals surface area contributed by atoms with Crippen LogP contribution >= 0.6 is 11.3 Å². The summed E-state index contributed by atoms with van der Waals surface area (Å²) in [4.78, 5) is 25.9. The number of thiophene rings is 1. The first-order chi connectivity index (χ1) is 17.9. The molecule has 0 bridgehead atoms. The normalized spacial score (nSPS) is 11.3. The number of fused-ring (bicyclic) bond motifs is 1. The molecule has 37 heavy (non-hydrogen) atoms. The SMILES string of the molecule is CCOc1ccc(C(=O)N=c2ccn(-c3nc4ccccc4nc3NS(=O)(=O)c3cccs3)cc2)cc1. The van der Waals surface area contributed by atoms with Crippen LogP contribution in [0.4, 0.5) is 5.82 Å². The first kappa shape index (κ1) is 24.3. The Balaban J connectivity index is 1.49. The van der Waals surface area contributed by atoms with E-state index in [9.17, 15) is 13.2 Å². The van der Waals surface area contributed by atoms with Gasteiger partial charge in [0.05, 0.1) is 23.0 Å². The van der Waals surface area contributed by atoms with E-state index in [0.717, 1.165) is 11.3 Å². The molecule has 0 atom stereocenters. The van der Waals surface area contributed by atoms with E-state index >= 15 is 0 Å². The Bertz CT molecular complexity index is 1730. The van der Waals surface area contributed by atoms with Crippen molar-refractivity contribution < 1.29 is 17.9 Å². The molecule has 3 heterocycles. The molecule has 1 N–H and O–H groups in total. The molecule has 0 radical (unpaired) electrons. The fourth-order valence-corrected chi connectivity index (χ4v) is 5.51. The van der Waals surface area contributed by atoms with E-state index < -0.39 is 15.9 Å². The Morgan fingerprint density at radius 1 is 0.973 bits per heavy atom. The van der Waals surface area contributed by atoms with Crippen LogP contribution in [0, 0.1) is 0 Å². The minimum atomic E-state index is -3.85.